The molecule has 0 aliphatic rings. The lowest BCUT2D eigenvalue weighted by molar-refractivity contribution is 0.151. The fourth-order valence-electron chi connectivity index (χ4n) is 0.989. The number of nitrogens with zero attached hydrogens (tertiary/aromatic N) is 2. The summed E-state index contributed by atoms with van der Waals surface area (Å²) in [6.45, 7) is 0. The third-order valence-electron chi connectivity index (χ3n) is 1.73. The smallest absolute Gasteiger partial charge is 0.267 e. The van der Waals surface area contributed by atoms with Crippen LogP contribution in [0, 0.1) is 11.3 Å². The van der Waals surface area contributed by atoms with E-state index in [9.17, 15) is 8.78 Å². The highest BCUT2D eigenvalue weighted by Gasteiger charge is 2.17. The number of hydrogen-bond donors (Lipinski definition) is 1. The summed E-state index contributed by atoms with van der Waals surface area (Å²) in [6.07, 6.45) is -1.81. The Morgan fingerprint density at radius 1 is 1.64 bits per heavy atom. The largest absolute Gasteiger partial charge is 0.398 e. The lowest BCUT2D eigenvalue weighted by Gasteiger charge is -2.08. The van der Waals surface area contributed by atoms with Crippen molar-refractivity contribution in [1.82, 2.24) is 4.98 Å². The highest BCUT2D eigenvalue weighted by Crippen LogP contribution is 2.29. The molecule has 1 aromatic heterocycles. The van der Waals surface area contributed by atoms with E-state index in [1.807, 2.05) is 0 Å². The summed E-state index contributed by atoms with van der Waals surface area (Å²) in [4.78, 5) is 3.54. The second kappa shape index (κ2) is 4.20. The molecular formula is C8H6ClF2N3. The number of rotatable bonds is 2. The molecule has 0 aromatic carbocycles. The monoisotopic (exact) mass is 217 g/mol. The Balaban J connectivity index is 3.37. The molecule has 0 saturated carbocycles. The first-order valence-corrected chi connectivity index (χ1v) is 4.16. The quantitative estimate of drug-likeness (QED) is 0.773. The molecule has 0 spiro atoms. The van der Waals surface area contributed by atoms with E-state index in [1.165, 1.54) is 0 Å². The summed E-state index contributed by atoms with van der Waals surface area (Å²) in [6, 6.07) is 1.73. The molecule has 2 N–H and O–H groups in total. The van der Waals surface area contributed by atoms with Crippen molar-refractivity contribution >= 4 is 17.3 Å². The highest BCUT2D eigenvalue weighted by molar-refractivity contribution is 6.17. The first-order chi connectivity index (χ1) is 6.61. The Kier molecular flexibility index (Phi) is 3.20. The third kappa shape index (κ3) is 1.75. The molecule has 0 atom stereocenters. The molecule has 0 saturated heterocycles. The first-order valence-electron chi connectivity index (χ1n) is 3.63. The average Bonchev–Trinajstić information content (AvgIpc) is 2.16. The minimum Gasteiger partial charge on any atom is -0.398 e. The van der Waals surface area contributed by atoms with Gasteiger partial charge in [-0.25, -0.2) is 13.8 Å². The molecule has 0 bridgehead atoms. The van der Waals surface area contributed by atoms with Crippen LogP contribution in [0.25, 0.3) is 0 Å². The Hall–Kier alpha value is -1.41. The van der Waals surface area contributed by atoms with Crippen LogP contribution >= 0.6 is 11.6 Å². The van der Waals surface area contributed by atoms with Gasteiger partial charge in [-0.2, -0.15) is 5.26 Å². The molecule has 1 rings (SSSR count). The lowest BCUT2D eigenvalue weighted by Crippen LogP contribution is -2.04. The Bertz CT molecular complexity index is 387. The number of hydrogen-bond acceptors (Lipinski definition) is 3. The van der Waals surface area contributed by atoms with Gasteiger partial charge in [-0.1, -0.05) is 0 Å². The molecule has 1 aromatic rings. The van der Waals surface area contributed by atoms with Gasteiger partial charge in [-0.3, -0.25) is 0 Å². The summed E-state index contributed by atoms with van der Waals surface area (Å²) in [7, 11) is 0. The molecule has 0 unspecified atom stereocenters. The zero-order chi connectivity index (χ0) is 10.7. The number of halogens is 3. The van der Waals surface area contributed by atoms with E-state index < -0.39 is 6.43 Å². The zero-order valence-corrected chi connectivity index (χ0v) is 7.72. The van der Waals surface area contributed by atoms with Crippen molar-refractivity contribution in [3.8, 4) is 6.07 Å². The van der Waals surface area contributed by atoms with Gasteiger partial charge in [0.25, 0.3) is 6.43 Å². The topological polar surface area (TPSA) is 62.7 Å². The van der Waals surface area contributed by atoms with Crippen LogP contribution in [-0.4, -0.2) is 4.98 Å². The van der Waals surface area contributed by atoms with Crippen molar-refractivity contribution in [2.45, 2.75) is 12.3 Å². The average molecular weight is 218 g/mol. The van der Waals surface area contributed by atoms with E-state index in [1.54, 1.807) is 6.07 Å². The molecule has 0 radical (unpaired) electrons. The second-order valence-electron chi connectivity index (χ2n) is 2.50. The number of anilines is 1. The van der Waals surface area contributed by atoms with Gasteiger partial charge in [0.2, 0.25) is 0 Å². The standard InChI is InChI=1S/C8H6ClF2N3/c9-1-4-6(2-12)14-3-5(7(4)13)8(10)11/h3,8H,1H2,(H2,13,14). The van der Waals surface area contributed by atoms with Gasteiger partial charge >= 0.3 is 0 Å². The SMILES string of the molecule is N#Cc1ncc(C(F)F)c(N)c1CCl. The van der Waals surface area contributed by atoms with E-state index in [-0.39, 0.29) is 28.4 Å². The second-order valence-corrected chi connectivity index (χ2v) is 2.77. The fraction of sp³-hybridized carbons (Fsp3) is 0.250. The Morgan fingerprint density at radius 2 is 2.29 bits per heavy atom. The molecule has 0 amide bonds. The van der Waals surface area contributed by atoms with Crippen LogP contribution in [-0.2, 0) is 5.88 Å². The van der Waals surface area contributed by atoms with E-state index in [0.29, 0.717) is 0 Å². The van der Waals surface area contributed by atoms with Gasteiger partial charge in [0, 0.05) is 17.4 Å². The van der Waals surface area contributed by atoms with Crippen molar-refractivity contribution in [2.24, 2.45) is 0 Å². The maximum Gasteiger partial charge on any atom is 0.267 e. The normalized spacial score (nSPS) is 10.2. The number of pyridine rings is 1. The van der Waals surface area contributed by atoms with Crippen molar-refractivity contribution in [3.63, 3.8) is 0 Å². The minimum atomic E-state index is -2.71. The van der Waals surface area contributed by atoms with Gasteiger partial charge < -0.3 is 5.73 Å². The molecule has 3 nitrogen and oxygen atoms in total. The maximum atomic E-state index is 12.3. The zero-order valence-electron chi connectivity index (χ0n) is 6.97. The minimum absolute atomic E-state index is 0.0121. The molecule has 0 fully saturated rings. The molecule has 0 aliphatic heterocycles. The van der Waals surface area contributed by atoms with Crippen LogP contribution in [0.1, 0.15) is 23.2 Å². The highest BCUT2D eigenvalue weighted by atomic mass is 35.5. The number of nitrogens with two attached hydrogens (primary N) is 1. The summed E-state index contributed by atoms with van der Waals surface area (Å²) in [5, 5.41) is 8.59. The van der Waals surface area contributed by atoms with E-state index in [2.05, 4.69) is 4.98 Å². The van der Waals surface area contributed by atoms with Crippen LogP contribution < -0.4 is 5.73 Å². The predicted molar refractivity (Wildman–Crippen MR) is 47.9 cm³/mol. The molecule has 1 heterocycles. The van der Waals surface area contributed by atoms with Crippen molar-refractivity contribution < 1.29 is 8.78 Å². The summed E-state index contributed by atoms with van der Waals surface area (Å²) in [5.74, 6) is -0.109. The summed E-state index contributed by atoms with van der Waals surface area (Å²) >= 11 is 5.48. The van der Waals surface area contributed by atoms with E-state index in [0.717, 1.165) is 6.20 Å². The van der Waals surface area contributed by atoms with Crippen molar-refractivity contribution in [3.05, 3.63) is 23.0 Å². The van der Waals surface area contributed by atoms with Gasteiger partial charge in [-0.15, -0.1) is 11.6 Å². The Labute approximate surface area is 84.1 Å². The number of nitrogen functional groups attached to an aromatic ring is 1. The third-order valence-corrected chi connectivity index (χ3v) is 2.00. The fourth-order valence-corrected chi connectivity index (χ4v) is 1.26. The van der Waals surface area contributed by atoms with Gasteiger partial charge in [0.05, 0.1) is 11.4 Å². The lowest BCUT2D eigenvalue weighted by atomic mass is 10.1. The number of nitriles is 1. The van der Waals surface area contributed by atoms with E-state index in [4.69, 9.17) is 22.6 Å². The van der Waals surface area contributed by atoms with Crippen molar-refractivity contribution in [1.29, 1.82) is 5.26 Å². The molecule has 0 aliphatic carbocycles. The number of alkyl halides is 3. The van der Waals surface area contributed by atoms with Crippen LogP contribution in [0.2, 0.25) is 0 Å². The van der Waals surface area contributed by atoms with Crippen LogP contribution in [0.3, 0.4) is 0 Å². The Morgan fingerprint density at radius 3 is 2.71 bits per heavy atom. The van der Waals surface area contributed by atoms with Crippen LogP contribution in [0.15, 0.2) is 6.20 Å². The summed E-state index contributed by atoms with van der Waals surface area (Å²) < 4.78 is 24.7. The van der Waals surface area contributed by atoms with E-state index >= 15 is 0 Å². The van der Waals surface area contributed by atoms with Crippen molar-refractivity contribution in [2.75, 3.05) is 5.73 Å². The van der Waals surface area contributed by atoms with Gasteiger partial charge in [0.1, 0.15) is 11.8 Å². The van der Waals surface area contributed by atoms with Gasteiger partial charge in [0.15, 0.2) is 0 Å². The molecule has 74 valence electrons. The number of aromatic nitrogens is 1. The van der Waals surface area contributed by atoms with Crippen LogP contribution in [0.5, 0.6) is 0 Å². The first kappa shape index (κ1) is 10.7. The maximum absolute atomic E-state index is 12.3. The predicted octanol–water partition coefficient (Wildman–Crippen LogP) is 2.21. The molecule has 14 heavy (non-hydrogen) atoms. The molecular weight excluding hydrogens is 212 g/mol. The molecule has 6 heteroatoms. The summed E-state index contributed by atoms with van der Waals surface area (Å²) in [5.41, 5.74) is 5.02. The van der Waals surface area contributed by atoms with Crippen LogP contribution in [0.4, 0.5) is 14.5 Å². The van der Waals surface area contributed by atoms with Gasteiger partial charge in [-0.05, 0) is 0 Å².